The summed E-state index contributed by atoms with van der Waals surface area (Å²) in [6, 6.07) is 22.7. The van der Waals surface area contributed by atoms with Gasteiger partial charge in [0.1, 0.15) is 5.75 Å². The highest BCUT2D eigenvalue weighted by Crippen LogP contribution is 2.24. The number of amides is 2. The fourth-order valence-corrected chi connectivity index (χ4v) is 3.72. The molecular formula is C27H26N4O3. The zero-order valence-corrected chi connectivity index (χ0v) is 19.1. The summed E-state index contributed by atoms with van der Waals surface area (Å²) >= 11 is 0. The lowest BCUT2D eigenvalue weighted by molar-refractivity contribution is -0.114. The Morgan fingerprint density at radius 1 is 0.882 bits per heavy atom. The fraction of sp³-hybridized carbons (Fsp3) is 0.148. The number of hydrogen-bond acceptors (Lipinski definition) is 5. The van der Waals surface area contributed by atoms with E-state index in [0.29, 0.717) is 35.8 Å². The quantitative estimate of drug-likeness (QED) is 0.358. The Hall–Kier alpha value is -4.23. The standard InChI is InChI=1S/C27H26N4O3/c1-18(32)30-23-13-20(17-28-16-19-9-10-21-6-5-11-29-25(21)14-19)12-22(15-23)27(33)31-24-7-3-4-8-26(24)34-2/h3-15,28H,16-17H2,1-2H3,(H,30,32)(H,31,33). The number of rotatable bonds is 8. The van der Waals surface area contributed by atoms with Gasteiger partial charge in [-0.1, -0.05) is 30.3 Å². The minimum absolute atomic E-state index is 0.204. The Balaban J connectivity index is 1.50. The zero-order chi connectivity index (χ0) is 23.9. The molecule has 7 heteroatoms. The number of methoxy groups -OCH3 is 1. The van der Waals surface area contributed by atoms with Crippen LogP contribution in [0.5, 0.6) is 5.75 Å². The summed E-state index contributed by atoms with van der Waals surface area (Å²) < 4.78 is 5.32. The molecule has 0 saturated heterocycles. The highest BCUT2D eigenvalue weighted by molar-refractivity contribution is 6.06. The molecule has 0 radical (unpaired) electrons. The van der Waals surface area contributed by atoms with Crippen molar-refractivity contribution in [1.82, 2.24) is 10.3 Å². The van der Waals surface area contributed by atoms with E-state index in [1.54, 1.807) is 31.5 Å². The van der Waals surface area contributed by atoms with Crippen molar-refractivity contribution >= 4 is 34.1 Å². The van der Waals surface area contributed by atoms with E-state index in [1.165, 1.54) is 6.92 Å². The van der Waals surface area contributed by atoms with Gasteiger partial charge < -0.3 is 20.7 Å². The fourth-order valence-electron chi connectivity index (χ4n) is 3.72. The van der Waals surface area contributed by atoms with Crippen LogP contribution in [-0.2, 0) is 17.9 Å². The Morgan fingerprint density at radius 3 is 2.53 bits per heavy atom. The van der Waals surface area contributed by atoms with E-state index in [2.05, 4.69) is 39.1 Å². The number of ether oxygens (including phenoxy) is 1. The van der Waals surface area contributed by atoms with Gasteiger partial charge >= 0.3 is 0 Å². The molecule has 4 rings (SSSR count). The van der Waals surface area contributed by atoms with Crippen LogP contribution < -0.4 is 20.7 Å². The monoisotopic (exact) mass is 454 g/mol. The number of hydrogen-bond donors (Lipinski definition) is 3. The molecule has 0 spiro atoms. The Labute approximate surface area is 198 Å². The highest BCUT2D eigenvalue weighted by atomic mass is 16.5. The molecule has 0 saturated carbocycles. The maximum absolute atomic E-state index is 13.0. The van der Waals surface area contributed by atoms with Crippen LogP contribution >= 0.6 is 0 Å². The van der Waals surface area contributed by atoms with Gasteiger partial charge in [-0.3, -0.25) is 14.6 Å². The third-order valence-electron chi connectivity index (χ3n) is 5.26. The third kappa shape index (κ3) is 5.76. The van der Waals surface area contributed by atoms with Crippen molar-refractivity contribution in [2.75, 3.05) is 17.7 Å². The van der Waals surface area contributed by atoms with E-state index >= 15 is 0 Å². The van der Waals surface area contributed by atoms with Crippen LogP contribution in [0, 0.1) is 0 Å². The van der Waals surface area contributed by atoms with Crippen molar-refractivity contribution in [2.45, 2.75) is 20.0 Å². The average molecular weight is 455 g/mol. The van der Waals surface area contributed by atoms with Crippen LogP contribution in [0.15, 0.2) is 79.0 Å². The second-order valence-electron chi connectivity index (χ2n) is 7.89. The smallest absolute Gasteiger partial charge is 0.255 e. The van der Waals surface area contributed by atoms with Crippen molar-refractivity contribution in [1.29, 1.82) is 0 Å². The Morgan fingerprint density at radius 2 is 1.71 bits per heavy atom. The number of anilines is 2. The van der Waals surface area contributed by atoms with E-state index in [1.807, 2.05) is 36.4 Å². The van der Waals surface area contributed by atoms with Crippen molar-refractivity contribution < 1.29 is 14.3 Å². The molecule has 2 amide bonds. The summed E-state index contributed by atoms with van der Waals surface area (Å²) in [5.41, 5.74) is 4.50. The van der Waals surface area contributed by atoms with Crippen LogP contribution in [0.3, 0.4) is 0 Å². The van der Waals surface area contributed by atoms with Crippen molar-refractivity contribution in [2.24, 2.45) is 0 Å². The topological polar surface area (TPSA) is 92.3 Å². The van der Waals surface area contributed by atoms with Gasteiger partial charge in [-0.15, -0.1) is 0 Å². The second kappa shape index (κ2) is 10.6. The van der Waals surface area contributed by atoms with Crippen molar-refractivity contribution in [3.63, 3.8) is 0 Å². The van der Waals surface area contributed by atoms with E-state index in [0.717, 1.165) is 22.0 Å². The van der Waals surface area contributed by atoms with Crippen LogP contribution in [0.4, 0.5) is 11.4 Å². The maximum atomic E-state index is 13.0. The molecule has 0 aliphatic rings. The molecule has 3 aromatic carbocycles. The van der Waals surface area contributed by atoms with Crippen molar-refractivity contribution in [3.05, 3.63) is 95.7 Å². The molecule has 1 aromatic heterocycles. The zero-order valence-electron chi connectivity index (χ0n) is 19.1. The molecular weight excluding hydrogens is 428 g/mol. The van der Waals surface area contributed by atoms with Gasteiger partial charge in [-0.25, -0.2) is 0 Å². The molecule has 0 atom stereocenters. The number of pyridine rings is 1. The summed E-state index contributed by atoms with van der Waals surface area (Å²) in [5, 5.41) is 10.2. The molecule has 0 unspecified atom stereocenters. The Kier molecular flexibility index (Phi) is 7.15. The van der Waals surface area contributed by atoms with E-state index < -0.39 is 0 Å². The number of aromatic nitrogens is 1. The first-order valence-electron chi connectivity index (χ1n) is 10.9. The largest absolute Gasteiger partial charge is 0.495 e. The highest BCUT2D eigenvalue weighted by Gasteiger charge is 2.12. The van der Waals surface area contributed by atoms with Crippen LogP contribution in [0.25, 0.3) is 10.9 Å². The number of benzene rings is 3. The number of nitrogens with zero attached hydrogens (tertiary/aromatic N) is 1. The van der Waals surface area contributed by atoms with E-state index in [9.17, 15) is 9.59 Å². The molecule has 0 fully saturated rings. The molecule has 172 valence electrons. The molecule has 1 heterocycles. The molecule has 7 nitrogen and oxygen atoms in total. The number of nitrogens with one attached hydrogen (secondary N) is 3. The summed E-state index contributed by atoms with van der Waals surface area (Å²) in [6.07, 6.45) is 1.78. The lowest BCUT2D eigenvalue weighted by atomic mass is 10.1. The lowest BCUT2D eigenvalue weighted by Crippen LogP contribution is -2.17. The van der Waals surface area contributed by atoms with Crippen LogP contribution in [-0.4, -0.2) is 23.9 Å². The Bertz CT molecular complexity index is 1340. The first-order chi connectivity index (χ1) is 16.5. The summed E-state index contributed by atoms with van der Waals surface area (Å²) in [7, 11) is 1.55. The van der Waals surface area contributed by atoms with Crippen molar-refractivity contribution in [3.8, 4) is 5.75 Å². The predicted octanol–water partition coefficient (Wildman–Crippen LogP) is 4.74. The first-order valence-corrected chi connectivity index (χ1v) is 10.9. The lowest BCUT2D eigenvalue weighted by Gasteiger charge is -2.13. The summed E-state index contributed by atoms with van der Waals surface area (Å²) in [6.45, 7) is 2.59. The molecule has 3 N–H and O–H groups in total. The minimum atomic E-state index is -0.293. The molecule has 0 aliphatic carbocycles. The SMILES string of the molecule is COc1ccccc1NC(=O)c1cc(CNCc2ccc3cccnc3c2)cc(NC(C)=O)c1. The van der Waals surface area contributed by atoms with Gasteiger partial charge in [-0.05, 0) is 53.6 Å². The van der Waals surface area contributed by atoms with Gasteiger partial charge in [0, 0.05) is 42.8 Å². The molecule has 4 aromatic rings. The average Bonchev–Trinajstić information content (AvgIpc) is 2.83. The summed E-state index contributed by atoms with van der Waals surface area (Å²) in [4.78, 5) is 29.0. The number of carbonyl (C=O) groups is 2. The van der Waals surface area contributed by atoms with Gasteiger partial charge in [0.25, 0.3) is 5.91 Å². The molecule has 0 bridgehead atoms. The van der Waals surface area contributed by atoms with Gasteiger partial charge in [0.15, 0.2) is 0 Å². The normalized spacial score (nSPS) is 10.6. The molecule has 0 aliphatic heterocycles. The summed E-state index contributed by atoms with van der Waals surface area (Å²) in [5.74, 6) is 0.0732. The van der Waals surface area contributed by atoms with Crippen LogP contribution in [0.2, 0.25) is 0 Å². The van der Waals surface area contributed by atoms with Gasteiger partial charge in [0.05, 0.1) is 18.3 Å². The molecule has 34 heavy (non-hydrogen) atoms. The van der Waals surface area contributed by atoms with Gasteiger partial charge in [0.2, 0.25) is 5.91 Å². The number of fused-ring (bicyclic) bond motifs is 1. The number of para-hydroxylation sites is 2. The maximum Gasteiger partial charge on any atom is 0.255 e. The third-order valence-corrected chi connectivity index (χ3v) is 5.26. The van der Waals surface area contributed by atoms with E-state index in [4.69, 9.17) is 4.74 Å². The van der Waals surface area contributed by atoms with E-state index in [-0.39, 0.29) is 11.8 Å². The minimum Gasteiger partial charge on any atom is -0.495 e. The number of carbonyl (C=O) groups excluding carboxylic acids is 2. The predicted molar refractivity (Wildman–Crippen MR) is 134 cm³/mol. The second-order valence-corrected chi connectivity index (χ2v) is 7.89. The van der Waals surface area contributed by atoms with Crippen LogP contribution in [0.1, 0.15) is 28.4 Å². The van der Waals surface area contributed by atoms with Gasteiger partial charge in [-0.2, -0.15) is 0 Å². The first kappa shape index (κ1) is 22.9.